The molecule has 112 valence electrons. The van der Waals surface area contributed by atoms with E-state index in [1.54, 1.807) is 0 Å². The van der Waals surface area contributed by atoms with Gasteiger partial charge in [-0.1, -0.05) is 59.1 Å². The first-order valence-corrected chi connectivity index (χ1v) is 7.72. The number of hydrogen-bond acceptors (Lipinski definition) is 2. The Morgan fingerprint density at radius 2 is 1.95 bits per heavy atom. The number of hydrogen-bond donors (Lipinski definition) is 1. The first-order valence-electron chi connectivity index (χ1n) is 7.72. The molecule has 1 unspecified atom stereocenters. The summed E-state index contributed by atoms with van der Waals surface area (Å²) in [6.45, 7) is 10.7. The summed E-state index contributed by atoms with van der Waals surface area (Å²) >= 11 is 0. The molecule has 1 rings (SSSR count). The fourth-order valence-electron chi connectivity index (χ4n) is 2.24. The zero-order chi connectivity index (χ0) is 15.2. The molecule has 0 saturated heterocycles. The molecule has 0 radical (unpaired) electrons. The number of rotatable bonds is 6. The Bertz CT molecular complexity index is 443. The second kappa shape index (κ2) is 7.47. The fraction of sp³-hybridized carbons (Fsp3) is 0.611. The number of phenolic OH excluding ortho intramolecular Hbond substituents is 1. The van der Waals surface area contributed by atoms with Gasteiger partial charge in [-0.3, -0.25) is 4.99 Å². The Hall–Kier alpha value is -1.31. The van der Waals surface area contributed by atoms with Crippen molar-refractivity contribution in [3.05, 3.63) is 29.3 Å². The van der Waals surface area contributed by atoms with Crippen LogP contribution in [0.25, 0.3) is 0 Å². The first-order chi connectivity index (χ1) is 9.36. The van der Waals surface area contributed by atoms with Gasteiger partial charge in [0.15, 0.2) is 0 Å². The molecule has 0 aliphatic rings. The van der Waals surface area contributed by atoms with Crippen LogP contribution in [-0.2, 0) is 5.41 Å². The molecule has 1 N–H and O–H groups in total. The molecule has 20 heavy (non-hydrogen) atoms. The summed E-state index contributed by atoms with van der Waals surface area (Å²) in [4.78, 5) is 4.57. The van der Waals surface area contributed by atoms with Gasteiger partial charge in [-0.2, -0.15) is 0 Å². The maximum absolute atomic E-state index is 10.4. The van der Waals surface area contributed by atoms with Crippen molar-refractivity contribution >= 4 is 6.21 Å². The Kier molecular flexibility index (Phi) is 6.25. The topological polar surface area (TPSA) is 32.6 Å². The van der Waals surface area contributed by atoms with E-state index in [1.807, 2.05) is 24.4 Å². The highest BCUT2D eigenvalue weighted by atomic mass is 16.3. The summed E-state index contributed by atoms with van der Waals surface area (Å²) in [5.74, 6) is 0.365. The quantitative estimate of drug-likeness (QED) is 0.570. The molecule has 0 aliphatic heterocycles. The molecular weight excluding hydrogens is 246 g/mol. The third kappa shape index (κ3) is 4.99. The molecule has 0 spiro atoms. The van der Waals surface area contributed by atoms with Crippen molar-refractivity contribution in [3.63, 3.8) is 0 Å². The van der Waals surface area contributed by atoms with Crippen LogP contribution in [0.3, 0.4) is 0 Å². The lowest BCUT2D eigenvalue weighted by Crippen LogP contribution is -2.12. The lowest BCUT2D eigenvalue weighted by atomic mass is 9.85. The van der Waals surface area contributed by atoms with Gasteiger partial charge in [0, 0.05) is 17.8 Å². The van der Waals surface area contributed by atoms with Crippen molar-refractivity contribution < 1.29 is 5.11 Å². The van der Waals surface area contributed by atoms with Crippen LogP contribution in [0.1, 0.15) is 71.4 Å². The second-order valence-electron chi connectivity index (χ2n) is 6.62. The van der Waals surface area contributed by atoms with Crippen LogP contribution < -0.4 is 0 Å². The SMILES string of the molecule is CCCCCC(C)N=Cc1cccc(C(C)(C)C)c1O. The van der Waals surface area contributed by atoms with Gasteiger partial charge in [0.1, 0.15) is 5.75 Å². The largest absolute Gasteiger partial charge is 0.507 e. The van der Waals surface area contributed by atoms with Crippen molar-refractivity contribution in [1.29, 1.82) is 0 Å². The Morgan fingerprint density at radius 1 is 1.25 bits per heavy atom. The van der Waals surface area contributed by atoms with E-state index in [-0.39, 0.29) is 5.41 Å². The number of phenols is 1. The Labute approximate surface area is 124 Å². The maximum Gasteiger partial charge on any atom is 0.128 e. The number of aliphatic imine (C=N–C) groups is 1. The molecular formula is C18H29NO. The highest BCUT2D eigenvalue weighted by Crippen LogP contribution is 2.32. The summed E-state index contributed by atoms with van der Waals surface area (Å²) in [5, 5.41) is 10.4. The standard InChI is InChI=1S/C18H29NO/c1-6-7-8-10-14(2)19-13-15-11-9-12-16(17(15)20)18(3,4)5/h9,11-14,20H,6-8,10H2,1-5H3. The fourth-order valence-corrected chi connectivity index (χ4v) is 2.24. The highest BCUT2D eigenvalue weighted by Gasteiger charge is 2.19. The van der Waals surface area contributed by atoms with Gasteiger partial charge in [0.05, 0.1) is 0 Å². The number of para-hydroxylation sites is 1. The smallest absolute Gasteiger partial charge is 0.128 e. The van der Waals surface area contributed by atoms with Gasteiger partial charge in [-0.15, -0.1) is 0 Å². The van der Waals surface area contributed by atoms with Gasteiger partial charge in [-0.05, 0) is 30.4 Å². The van der Waals surface area contributed by atoms with Crippen LogP contribution in [0.15, 0.2) is 23.2 Å². The van der Waals surface area contributed by atoms with E-state index in [2.05, 4.69) is 39.6 Å². The molecule has 0 amide bonds. The van der Waals surface area contributed by atoms with E-state index in [0.29, 0.717) is 11.8 Å². The molecule has 0 bridgehead atoms. The van der Waals surface area contributed by atoms with E-state index in [0.717, 1.165) is 17.5 Å². The van der Waals surface area contributed by atoms with Gasteiger partial charge in [-0.25, -0.2) is 0 Å². The van der Waals surface area contributed by atoms with E-state index < -0.39 is 0 Å². The predicted octanol–water partition coefficient (Wildman–Crippen LogP) is 5.08. The minimum Gasteiger partial charge on any atom is -0.507 e. The van der Waals surface area contributed by atoms with Crippen LogP contribution in [0.5, 0.6) is 5.75 Å². The molecule has 0 saturated carbocycles. The van der Waals surface area contributed by atoms with Crippen molar-refractivity contribution in [3.8, 4) is 5.75 Å². The van der Waals surface area contributed by atoms with Crippen molar-refractivity contribution in [1.82, 2.24) is 0 Å². The molecule has 0 fully saturated rings. The average molecular weight is 275 g/mol. The molecule has 1 aromatic carbocycles. The lowest BCUT2D eigenvalue weighted by Gasteiger charge is -2.21. The molecule has 1 aromatic rings. The monoisotopic (exact) mass is 275 g/mol. The summed E-state index contributed by atoms with van der Waals surface area (Å²) < 4.78 is 0. The van der Waals surface area contributed by atoms with Gasteiger partial charge in [0.25, 0.3) is 0 Å². The number of unbranched alkanes of at least 4 members (excludes halogenated alkanes) is 2. The third-order valence-corrected chi connectivity index (χ3v) is 3.57. The predicted molar refractivity (Wildman–Crippen MR) is 88.0 cm³/mol. The minimum atomic E-state index is -0.0549. The second-order valence-corrected chi connectivity index (χ2v) is 6.62. The molecule has 0 heterocycles. The van der Waals surface area contributed by atoms with Gasteiger partial charge in [0.2, 0.25) is 0 Å². The number of benzene rings is 1. The van der Waals surface area contributed by atoms with Crippen molar-refractivity contribution in [2.24, 2.45) is 4.99 Å². The van der Waals surface area contributed by atoms with Crippen molar-refractivity contribution in [2.75, 3.05) is 0 Å². The molecule has 0 aliphatic carbocycles. The molecule has 2 heteroatoms. The van der Waals surface area contributed by atoms with Gasteiger partial charge >= 0.3 is 0 Å². The van der Waals surface area contributed by atoms with E-state index in [9.17, 15) is 5.11 Å². The lowest BCUT2D eigenvalue weighted by molar-refractivity contribution is 0.446. The van der Waals surface area contributed by atoms with Gasteiger partial charge < -0.3 is 5.11 Å². The summed E-state index contributed by atoms with van der Waals surface area (Å²) in [5.41, 5.74) is 1.74. The van der Waals surface area contributed by atoms with Crippen LogP contribution in [0.4, 0.5) is 0 Å². The molecule has 2 nitrogen and oxygen atoms in total. The van der Waals surface area contributed by atoms with Crippen molar-refractivity contribution in [2.45, 2.75) is 71.8 Å². The summed E-state index contributed by atoms with van der Waals surface area (Å²) in [6, 6.07) is 6.22. The van der Waals surface area contributed by atoms with Crippen LogP contribution in [0, 0.1) is 0 Å². The zero-order valence-electron chi connectivity index (χ0n) is 13.6. The summed E-state index contributed by atoms with van der Waals surface area (Å²) in [6.07, 6.45) is 6.67. The minimum absolute atomic E-state index is 0.0549. The normalized spacial score (nSPS) is 13.8. The third-order valence-electron chi connectivity index (χ3n) is 3.57. The maximum atomic E-state index is 10.4. The molecule has 1 atom stereocenters. The van der Waals surface area contributed by atoms with E-state index >= 15 is 0 Å². The van der Waals surface area contributed by atoms with E-state index in [4.69, 9.17) is 0 Å². The molecule has 0 aromatic heterocycles. The summed E-state index contributed by atoms with van der Waals surface area (Å²) in [7, 11) is 0. The number of nitrogens with zero attached hydrogens (tertiary/aromatic N) is 1. The highest BCUT2D eigenvalue weighted by molar-refractivity contribution is 5.84. The van der Waals surface area contributed by atoms with Crippen LogP contribution >= 0.6 is 0 Å². The number of aromatic hydroxyl groups is 1. The zero-order valence-corrected chi connectivity index (χ0v) is 13.6. The average Bonchev–Trinajstić information content (AvgIpc) is 2.36. The Balaban J connectivity index is 2.78. The first kappa shape index (κ1) is 16.7. The van der Waals surface area contributed by atoms with Crippen LogP contribution in [0.2, 0.25) is 0 Å². The van der Waals surface area contributed by atoms with Crippen LogP contribution in [-0.4, -0.2) is 17.4 Å². The Morgan fingerprint density at radius 3 is 2.55 bits per heavy atom. The van der Waals surface area contributed by atoms with E-state index in [1.165, 1.54) is 19.3 Å².